The molecule has 0 spiro atoms. The van der Waals surface area contributed by atoms with Gasteiger partial charge in [-0.3, -0.25) is 4.79 Å². The van der Waals surface area contributed by atoms with E-state index < -0.39 is 21.7 Å². The fraction of sp³-hybridized carbons (Fsp3) is 0.400. The maximum absolute atomic E-state index is 13.6. The monoisotopic (exact) mass is 341 g/mol. The van der Waals surface area contributed by atoms with Gasteiger partial charge in [-0.25, -0.2) is 17.1 Å². The van der Waals surface area contributed by atoms with Crippen molar-refractivity contribution >= 4 is 26.8 Å². The highest BCUT2D eigenvalue weighted by atomic mass is 32.2. The van der Waals surface area contributed by atoms with Gasteiger partial charge in [-0.1, -0.05) is 19.9 Å². The van der Waals surface area contributed by atoms with Gasteiger partial charge in [-0.05, 0) is 18.2 Å². The lowest BCUT2D eigenvalue weighted by atomic mass is 10.2. The molecule has 0 bridgehead atoms. The summed E-state index contributed by atoms with van der Waals surface area (Å²) in [7, 11) is -3.38. The summed E-state index contributed by atoms with van der Waals surface area (Å²) < 4.78 is 39.0. The molecule has 0 aliphatic carbocycles. The van der Waals surface area contributed by atoms with Crippen molar-refractivity contribution in [3.8, 4) is 0 Å². The van der Waals surface area contributed by atoms with E-state index in [1.165, 1.54) is 16.4 Å². The van der Waals surface area contributed by atoms with Gasteiger partial charge in [0.25, 0.3) is 5.91 Å². The quantitative estimate of drug-likeness (QED) is 0.804. The Kier molecular flexibility index (Phi) is 5.38. The zero-order valence-electron chi connectivity index (χ0n) is 13.1. The summed E-state index contributed by atoms with van der Waals surface area (Å²) in [6.07, 6.45) is 0. The minimum Gasteiger partial charge on any atom is -0.350 e. The number of amides is 1. The number of halogens is 1. The van der Waals surface area contributed by atoms with Crippen molar-refractivity contribution < 1.29 is 17.6 Å². The molecule has 2 rings (SSSR count). The summed E-state index contributed by atoms with van der Waals surface area (Å²) in [5, 5.41) is 2.87. The standard InChI is InChI=1S/C15H20FN3O3S/c1-3-19(4-2)23(21,22)9-8-17-15(20)14-10-11-12(16)6-5-7-13(11)18-14/h5-7,10,18H,3-4,8-9H2,1-2H3,(H,17,20). The van der Waals surface area contributed by atoms with Crippen LogP contribution in [0.25, 0.3) is 10.9 Å². The molecule has 1 aromatic heterocycles. The number of aromatic amines is 1. The lowest BCUT2D eigenvalue weighted by Gasteiger charge is -2.18. The molecule has 0 aliphatic heterocycles. The van der Waals surface area contributed by atoms with E-state index in [1.54, 1.807) is 26.0 Å². The minimum atomic E-state index is -3.38. The fourth-order valence-electron chi connectivity index (χ4n) is 2.38. The smallest absolute Gasteiger partial charge is 0.267 e. The second-order valence-corrected chi connectivity index (χ2v) is 7.13. The van der Waals surface area contributed by atoms with Crippen LogP contribution in [0.2, 0.25) is 0 Å². The SMILES string of the molecule is CCN(CC)S(=O)(=O)CCNC(=O)c1cc2c(F)cccc2[nH]1. The molecule has 23 heavy (non-hydrogen) atoms. The Bertz CT molecular complexity index is 797. The maximum Gasteiger partial charge on any atom is 0.267 e. The number of hydrogen-bond donors (Lipinski definition) is 2. The second kappa shape index (κ2) is 7.10. The van der Waals surface area contributed by atoms with Gasteiger partial charge in [-0.2, -0.15) is 0 Å². The molecule has 0 fully saturated rings. The van der Waals surface area contributed by atoms with Crippen LogP contribution in [0.1, 0.15) is 24.3 Å². The van der Waals surface area contributed by atoms with Crippen LogP contribution in [0.5, 0.6) is 0 Å². The Balaban J connectivity index is 2.00. The van der Waals surface area contributed by atoms with E-state index in [4.69, 9.17) is 0 Å². The molecule has 1 amide bonds. The number of hydrogen-bond acceptors (Lipinski definition) is 3. The van der Waals surface area contributed by atoms with Crippen LogP contribution in [0.4, 0.5) is 4.39 Å². The first-order chi connectivity index (χ1) is 10.9. The molecule has 126 valence electrons. The number of H-pyrrole nitrogens is 1. The van der Waals surface area contributed by atoms with Crippen molar-refractivity contribution in [1.82, 2.24) is 14.6 Å². The Morgan fingerprint density at radius 2 is 2.00 bits per heavy atom. The van der Waals surface area contributed by atoms with Crippen molar-refractivity contribution in [3.05, 3.63) is 35.8 Å². The van der Waals surface area contributed by atoms with Gasteiger partial charge in [0, 0.05) is 30.5 Å². The summed E-state index contributed by atoms with van der Waals surface area (Å²) in [4.78, 5) is 14.9. The zero-order chi connectivity index (χ0) is 17.0. The molecule has 2 N–H and O–H groups in total. The van der Waals surface area contributed by atoms with Crippen LogP contribution >= 0.6 is 0 Å². The first-order valence-electron chi connectivity index (χ1n) is 7.42. The molecule has 0 saturated heterocycles. The van der Waals surface area contributed by atoms with Crippen molar-refractivity contribution in [3.63, 3.8) is 0 Å². The Labute approximate surface area is 134 Å². The minimum absolute atomic E-state index is 0.00445. The maximum atomic E-state index is 13.6. The van der Waals surface area contributed by atoms with Crippen molar-refractivity contribution in [2.45, 2.75) is 13.8 Å². The van der Waals surface area contributed by atoms with Crippen LogP contribution in [-0.4, -0.2) is 49.0 Å². The summed E-state index contributed by atoms with van der Waals surface area (Å²) in [5.74, 6) is -1.05. The molecule has 0 unspecified atom stereocenters. The number of carbonyl (C=O) groups is 1. The summed E-state index contributed by atoms with van der Waals surface area (Å²) in [6.45, 7) is 4.31. The molecule has 6 nitrogen and oxygen atoms in total. The van der Waals surface area contributed by atoms with Gasteiger partial charge in [0.15, 0.2) is 0 Å². The molecular formula is C15H20FN3O3S. The van der Waals surface area contributed by atoms with Crippen LogP contribution in [0.3, 0.4) is 0 Å². The normalized spacial score (nSPS) is 12.0. The van der Waals surface area contributed by atoms with Crippen LogP contribution in [0.15, 0.2) is 24.3 Å². The van der Waals surface area contributed by atoms with Gasteiger partial charge in [-0.15, -0.1) is 0 Å². The Morgan fingerprint density at radius 3 is 2.61 bits per heavy atom. The largest absolute Gasteiger partial charge is 0.350 e. The van der Waals surface area contributed by atoms with E-state index in [9.17, 15) is 17.6 Å². The van der Waals surface area contributed by atoms with Gasteiger partial charge in [0.05, 0.1) is 5.75 Å². The highest BCUT2D eigenvalue weighted by molar-refractivity contribution is 7.89. The van der Waals surface area contributed by atoms with Crippen molar-refractivity contribution in [2.75, 3.05) is 25.4 Å². The number of carbonyl (C=O) groups excluding carboxylic acids is 1. The lowest BCUT2D eigenvalue weighted by Crippen LogP contribution is -2.37. The van der Waals surface area contributed by atoms with Gasteiger partial charge in [0.1, 0.15) is 11.5 Å². The number of rotatable bonds is 7. The van der Waals surface area contributed by atoms with Crippen molar-refractivity contribution in [2.24, 2.45) is 0 Å². The third-order valence-electron chi connectivity index (χ3n) is 3.60. The first-order valence-corrected chi connectivity index (χ1v) is 9.03. The Morgan fingerprint density at radius 1 is 1.30 bits per heavy atom. The molecule has 1 aromatic carbocycles. The number of sulfonamides is 1. The average Bonchev–Trinajstić information content (AvgIpc) is 2.93. The van der Waals surface area contributed by atoms with E-state index in [0.717, 1.165) is 0 Å². The molecule has 0 aliphatic rings. The zero-order valence-corrected chi connectivity index (χ0v) is 13.9. The number of fused-ring (bicyclic) bond motifs is 1. The third-order valence-corrected chi connectivity index (χ3v) is 5.62. The fourth-order valence-corrected chi connectivity index (χ4v) is 3.78. The van der Waals surface area contributed by atoms with Crippen LogP contribution in [-0.2, 0) is 10.0 Å². The number of nitrogens with one attached hydrogen (secondary N) is 2. The van der Waals surface area contributed by atoms with E-state index in [0.29, 0.717) is 24.0 Å². The van der Waals surface area contributed by atoms with Gasteiger partial charge in [0.2, 0.25) is 10.0 Å². The molecule has 0 atom stereocenters. The summed E-state index contributed by atoms with van der Waals surface area (Å²) >= 11 is 0. The number of nitrogens with zero attached hydrogens (tertiary/aromatic N) is 1. The summed E-state index contributed by atoms with van der Waals surface area (Å²) in [5.41, 5.74) is 0.719. The van der Waals surface area contributed by atoms with Gasteiger partial charge < -0.3 is 10.3 Å². The molecule has 0 radical (unpaired) electrons. The molecule has 2 aromatic rings. The summed E-state index contributed by atoms with van der Waals surface area (Å²) in [6, 6.07) is 5.94. The van der Waals surface area contributed by atoms with E-state index >= 15 is 0 Å². The van der Waals surface area contributed by atoms with E-state index in [2.05, 4.69) is 10.3 Å². The predicted octanol–water partition coefficient (Wildman–Crippen LogP) is 1.71. The molecular weight excluding hydrogens is 321 g/mol. The lowest BCUT2D eigenvalue weighted by molar-refractivity contribution is 0.0952. The van der Waals surface area contributed by atoms with Crippen LogP contribution < -0.4 is 5.32 Å². The second-order valence-electron chi connectivity index (χ2n) is 5.04. The van der Waals surface area contributed by atoms with E-state index in [1.807, 2.05) is 0 Å². The third kappa shape index (κ3) is 3.89. The van der Waals surface area contributed by atoms with Crippen LogP contribution in [0, 0.1) is 5.82 Å². The number of benzene rings is 1. The highest BCUT2D eigenvalue weighted by Crippen LogP contribution is 2.18. The molecule has 1 heterocycles. The first kappa shape index (κ1) is 17.4. The average molecular weight is 341 g/mol. The Hall–Kier alpha value is -1.93. The number of aromatic nitrogens is 1. The van der Waals surface area contributed by atoms with Gasteiger partial charge >= 0.3 is 0 Å². The molecule has 8 heteroatoms. The van der Waals surface area contributed by atoms with Crippen molar-refractivity contribution in [1.29, 1.82) is 0 Å². The predicted molar refractivity (Wildman–Crippen MR) is 87.3 cm³/mol. The highest BCUT2D eigenvalue weighted by Gasteiger charge is 2.19. The molecule has 0 saturated carbocycles. The topological polar surface area (TPSA) is 82.3 Å². The van der Waals surface area contributed by atoms with E-state index in [-0.39, 0.29) is 18.0 Å².